The van der Waals surface area contributed by atoms with E-state index in [1.807, 2.05) is 13.8 Å². The maximum atomic E-state index is 14.0. The van der Waals surface area contributed by atoms with Crippen LogP contribution in [0.5, 0.6) is 0 Å². The van der Waals surface area contributed by atoms with Crippen molar-refractivity contribution in [2.24, 2.45) is 0 Å². The summed E-state index contributed by atoms with van der Waals surface area (Å²) in [5, 5.41) is 11.8. The van der Waals surface area contributed by atoms with Gasteiger partial charge in [0.25, 0.3) is 0 Å². The molecule has 1 aromatic carbocycles. The third kappa shape index (κ3) is 4.45. The number of nitrogens with one attached hydrogen (secondary N) is 2. The molecule has 4 nitrogen and oxygen atoms in total. The first kappa shape index (κ1) is 18.7. The van der Waals surface area contributed by atoms with Crippen LogP contribution in [-0.2, 0) is 6.54 Å². The van der Waals surface area contributed by atoms with Gasteiger partial charge in [-0.15, -0.1) is 0 Å². The molecule has 2 N–H and O–H groups in total. The normalized spacial score (nSPS) is 10.7. The summed E-state index contributed by atoms with van der Waals surface area (Å²) in [5.74, 6) is -0.332. The van der Waals surface area contributed by atoms with Crippen LogP contribution in [0.3, 0.4) is 0 Å². The molecule has 7 heteroatoms. The van der Waals surface area contributed by atoms with Crippen molar-refractivity contribution in [3.8, 4) is 0 Å². The van der Waals surface area contributed by atoms with Gasteiger partial charge in [0, 0.05) is 17.1 Å². The van der Waals surface area contributed by atoms with E-state index in [2.05, 4.69) is 22.7 Å². The van der Waals surface area contributed by atoms with Crippen molar-refractivity contribution >= 4 is 34.6 Å². The zero-order valence-corrected chi connectivity index (χ0v) is 15.7. The molecule has 0 saturated heterocycles. The van der Waals surface area contributed by atoms with Crippen LogP contribution in [-0.4, -0.2) is 21.4 Å². The number of unbranched alkanes of at least 4 members (excludes halogenated alkanes) is 1. The van der Waals surface area contributed by atoms with Gasteiger partial charge < -0.3 is 10.6 Å². The highest BCUT2D eigenvalue weighted by Crippen LogP contribution is 2.24. The van der Waals surface area contributed by atoms with Gasteiger partial charge >= 0.3 is 0 Å². The Labute approximate surface area is 152 Å². The first-order chi connectivity index (χ1) is 11.4. The quantitative estimate of drug-likeness (QED) is 0.584. The monoisotopic (exact) mass is 368 g/mol. The second kappa shape index (κ2) is 8.44. The molecule has 0 saturated carbocycles. The number of nitrogens with zero attached hydrogens (tertiary/aromatic N) is 2. The molecule has 0 radical (unpaired) electrons. The van der Waals surface area contributed by atoms with E-state index in [9.17, 15) is 4.39 Å². The molecule has 0 unspecified atom stereocenters. The Kier molecular flexibility index (Phi) is 6.57. The summed E-state index contributed by atoms with van der Waals surface area (Å²) in [6, 6.07) is 4.67. The predicted molar refractivity (Wildman–Crippen MR) is 101 cm³/mol. The van der Waals surface area contributed by atoms with E-state index in [0.717, 1.165) is 36.5 Å². The number of aryl methyl sites for hydroxylation is 1. The van der Waals surface area contributed by atoms with E-state index >= 15 is 0 Å². The number of aromatic nitrogens is 2. The molecule has 2 aromatic rings. The van der Waals surface area contributed by atoms with E-state index in [-0.39, 0.29) is 12.4 Å². The van der Waals surface area contributed by atoms with Gasteiger partial charge in [-0.05, 0) is 44.6 Å². The highest BCUT2D eigenvalue weighted by atomic mass is 35.5. The summed E-state index contributed by atoms with van der Waals surface area (Å²) < 4.78 is 15.7. The van der Waals surface area contributed by atoms with Crippen LogP contribution in [0.1, 0.15) is 36.7 Å². The standard InChI is InChI=1S/C17H22ClFN4S/c1-4-5-9-20-17(24)21-16-11(2)22-23(12(16)3)10-13-14(18)7-6-8-15(13)19/h6-8H,4-5,9-10H2,1-3H3,(H2,20,21,24). The molecule has 2 rings (SSSR count). The van der Waals surface area contributed by atoms with Gasteiger partial charge in [0.2, 0.25) is 0 Å². The number of halogens is 2. The summed E-state index contributed by atoms with van der Waals surface area (Å²) in [6.45, 7) is 7.05. The van der Waals surface area contributed by atoms with E-state index in [1.54, 1.807) is 16.8 Å². The third-order valence-electron chi connectivity index (χ3n) is 3.81. The third-order valence-corrected chi connectivity index (χ3v) is 4.41. The van der Waals surface area contributed by atoms with Crippen LogP contribution in [0.25, 0.3) is 0 Å². The van der Waals surface area contributed by atoms with Crippen molar-refractivity contribution in [1.82, 2.24) is 15.1 Å². The lowest BCUT2D eigenvalue weighted by atomic mass is 10.2. The van der Waals surface area contributed by atoms with Crippen molar-refractivity contribution < 1.29 is 4.39 Å². The van der Waals surface area contributed by atoms with Crippen LogP contribution in [0.15, 0.2) is 18.2 Å². The van der Waals surface area contributed by atoms with Gasteiger partial charge in [0.1, 0.15) is 5.82 Å². The maximum Gasteiger partial charge on any atom is 0.170 e. The Bertz CT molecular complexity index is 709. The molecule has 0 fully saturated rings. The average molecular weight is 369 g/mol. The van der Waals surface area contributed by atoms with E-state index in [1.165, 1.54) is 6.07 Å². The van der Waals surface area contributed by atoms with Crippen molar-refractivity contribution in [1.29, 1.82) is 0 Å². The lowest BCUT2D eigenvalue weighted by Crippen LogP contribution is -2.29. The van der Waals surface area contributed by atoms with Gasteiger partial charge in [-0.1, -0.05) is 31.0 Å². The highest BCUT2D eigenvalue weighted by molar-refractivity contribution is 7.80. The molecule has 1 heterocycles. The van der Waals surface area contributed by atoms with Crippen LogP contribution in [0.4, 0.5) is 10.1 Å². The zero-order valence-electron chi connectivity index (χ0n) is 14.1. The van der Waals surface area contributed by atoms with Crippen molar-refractivity contribution in [3.63, 3.8) is 0 Å². The van der Waals surface area contributed by atoms with Crippen molar-refractivity contribution in [2.75, 3.05) is 11.9 Å². The van der Waals surface area contributed by atoms with Gasteiger partial charge in [0.15, 0.2) is 5.11 Å². The number of anilines is 1. The second-order valence-electron chi connectivity index (χ2n) is 5.64. The molecule has 0 amide bonds. The molecule has 0 bridgehead atoms. The average Bonchev–Trinajstić information content (AvgIpc) is 2.79. The minimum atomic E-state index is -0.332. The number of hydrogen-bond donors (Lipinski definition) is 2. The Morgan fingerprint density at radius 2 is 2.12 bits per heavy atom. The highest BCUT2D eigenvalue weighted by Gasteiger charge is 2.15. The minimum Gasteiger partial charge on any atom is -0.362 e. The number of rotatable bonds is 6. The molecule has 0 atom stereocenters. The number of benzene rings is 1. The zero-order chi connectivity index (χ0) is 17.7. The summed E-state index contributed by atoms with van der Waals surface area (Å²) in [5.41, 5.74) is 2.96. The Hall–Kier alpha value is -1.66. The van der Waals surface area contributed by atoms with Crippen LogP contribution in [0.2, 0.25) is 5.02 Å². The summed E-state index contributed by atoms with van der Waals surface area (Å²) in [4.78, 5) is 0. The Balaban J connectivity index is 2.15. The lowest BCUT2D eigenvalue weighted by Gasteiger charge is -2.11. The molecule has 0 aliphatic rings. The smallest absolute Gasteiger partial charge is 0.170 e. The van der Waals surface area contributed by atoms with E-state index in [4.69, 9.17) is 23.8 Å². The SMILES string of the molecule is CCCCNC(=S)Nc1c(C)nn(Cc2c(F)cccc2Cl)c1C. The first-order valence-corrected chi connectivity index (χ1v) is 8.74. The molecule has 0 aliphatic carbocycles. The van der Waals surface area contributed by atoms with Gasteiger partial charge in [-0.25, -0.2) is 4.39 Å². The Morgan fingerprint density at radius 1 is 1.38 bits per heavy atom. The van der Waals surface area contributed by atoms with Gasteiger partial charge in [0.05, 0.1) is 23.6 Å². The predicted octanol–water partition coefficient (Wildman–Crippen LogP) is 4.43. The molecular weight excluding hydrogens is 347 g/mol. The lowest BCUT2D eigenvalue weighted by molar-refractivity contribution is 0.579. The molecule has 24 heavy (non-hydrogen) atoms. The van der Waals surface area contributed by atoms with E-state index < -0.39 is 0 Å². The number of thiocarbonyl (C=S) groups is 1. The molecule has 1 aromatic heterocycles. The summed E-state index contributed by atoms with van der Waals surface area (Å²) in [7, 11) is 0. The molecule has 0 spiro atoms. The summed E-state index contributed by atoms with van der Waals surface area (Å²) in [6.07, 6.45) is 2.17. The van der Waals surface area contributed by atoms with Crippen molar-refractivity contribution in [3.05, 3.63) is 46.0 Å². The minimum absolute atomic E-state index is 0.274. The summed E-state index contributed by atoms with van der Waals surface area (Å²) >= 11 is 11.4. The fourth-order valence-corrected chi connectivity index (χ4v) is 2.83. The fourth-order valence-electron chi connectivity index (χ4n) is 2.40. The van der Waals surface area contributed by atoms with Crippen molar-refractivity contribution in [2.45, 2.75) is 40.2 Å². The van der Waals surface area contributed by atoms with Crippen LogP contribution >= 0.6 is 23.8 Å². The Morgan fingerprint density at radius 3 is 2.79 bits per heavy atom. The fraction of sp³-hybridized carbons (Fsp3) is 0.412. The van der Waals surface area contributed by atoms with Crippen LogP contribution in [0, 0.1) is 19.7 Å². The van der Waals surface area contributed by atoms with Crippen LogP contribution < -0.4 is 10.6 Å². The molecule has 0 aliphatic heterocycles. The van der Waals surface area contributed by atoms with E-state index in [0.29, 0.717) is 15.7 Å². The number of hydrogen-bond acceptors (Lipinski definition) is 2. The largest absolute Gasteiger partial charge is 0.362 e. The molecular formula is C17H22ClFN4S. The second-order valence-corrected chi connectivity index (χ2v) is 6.45. The molecule has 130 valence electrons. The first-order valence-electron chi connectivity index (χ1n) is 7.95. The van der Waals surface area contributed by atoms with Gasteiger partial charge in [-0.3, -0.25) is 4.68 Å². The van der Waals surface area contributed by atoms with Gasteiger partial charge in [-0.2, -0.15) is 5.10 Å². The topological polar surface area (TPSA) is 41.9 Å². The maximum absolute atomic E-state index is 14.0.